The van der Waals surface area contributed by atoms with Crippen LogP contribution in [0.5, 0.6) is 11.5 Å². The molecule has 1 unspecified atom stereocenters. The van der Waals surface area contributed by atoms with Crippen molar-refractivity contribution in [1.29, 1.82) is 0 Å². The maximum absolute atomic E-state index is 12.7. The highest BCUT2D eigenvalue weighted by Gasteiger charge is 2.29. The van der Waals surface area contributed by atoms with E-state index in [2.05, 4.69) is 17.3 Å². The number of fused-ring (bicyclic) bond motifs is 1. The zero-order valence-corrected chi connectivity index (χ0v) is 16.4. The van der Waals surface area contributed by atoms with Crippen molar-refractivity contribution in [3.8, 4) is 11.5 Å². The van der Waals surface area contributed by atoms with E-state index in [1.54, 1.807) is 0 Å². The lowest BCUT2D eigenvalue weighted by molar-refractivity contribution is -0.122. The molecule has 0 bridgehead atoms. The summed E-state index contributed by atoms with van der Waals surface area (Å²) in [4.78, 5) is 17.0. The third kappa shape index (κ3) is 4.22. The predicted molar refractivity (Wildman–Crippen MR) is 110 cm³/mol. The lowest BCUT2D eigenvalue weighted by Crippen LogP contribution is -2.45. The average molecular weight is 381 g/mol. The van der Waals surface area contributed by atoms with Crippen LogP contribution in [-0.2, 0) is 4.79 Å². The molecule has 1 N–H and O–H groups in total. The minimum Gasteiger partial charge on any atom is -0.490 e. The topological polar surface area (TPSA) is 54.0 Å². The van der Waals surface area contributed by atoms with E-state index in [1.807, 2.05) is 60.5 Å². The van der Waals surface area contributed by atoms with Crippen LogP contribution >= 0.6 is 0 Å². The van der Waals surface area contributed by atoms with Gasteiger partial charge in [-0.25, -0.2) is 0 Å². The number of hydrogen-bond acceptors (Lipinski definition) is 5. The van der Waals surface area contributed by atoms with Crippen molar-refractivity contribution in [3.63, 3.8) is 0 Å². The Hall–Kier alpha value is -2.73. The largest absolute Gasteiger partial charge is 0.490 e. The molecule has 0 aromatic heterocycles. The second-order valence-electron chi connectivity index (χ2n) is 7.59. The summed E-state index contributed by atoms with van der Waals surface area (Å²) in [5.74, 6) is 1.43. The molecule has 1 saturated heterocycles. The molecule has 0 saturated carbocycles. The highest BCUT2D eigenvalue weighted by molar-refractivity contribution is 5.95. The Labute approximate surface area is 166 Å². The lowest BCUT2D eigenvalue weighted by Gasteiger charge is -2.32. The number of para-hydroxylation sites is 2. The Kier molecular flexibility index (Phi) is 5.39. The Bertz CT molecular complexity index is 816. The third-order valence-electron chi connectivity index (χ3n) is 5.37. The van der Waals surface area contributed by atoms with Gasteiger partial charge in [0.25, 0.3) is 5.91 Å². The number of likely N-dealkylation sites (N-methyl/N-ethyl adjacent to an activating group) is 1. The summed E-state index contributed by atoms with van der Waals surface area (Å²) in [5.41, 5.74) is 1.74. The van der Waals surface area contributed by atoms with Crippen LogP contribution in [0.25, 0.3) is 0 Å². The molecule has 0 aliphatic carbocycles. The first-order valence-corrected chi connectivity index (χ1v) is 9.81. The molecule has 28 heavy (non-hydrogen) atoms. The van der Waals surface area contributed by atoms with Crippen molar-refractivity contribution in [3.05, 3.63) is 48.5 Å². The van der Waals surface area contributed by atoms with Gasteiger partial charge in [0, 0.05) is 25.8 Å². The summed E-state index contributed by atoms with van der Waals surface area (Å²) >= 11 is 0. The predicted octanol–water partition coefficient (Wildman–Crippen LogP) is 3.00. The first-order valence-electron chi connectivity index (χ1n) is 9.81. The average Bonchev–Trinajstić information content (AvgIpc) is 2.71. The number of hydrogen-bond donors (Lipinski definition) is 1. The molecule has 0 radical (unpaired) electrons. The van der Waals surface area contributed by atoms with Crippen LogP contribution in [0, 0.1) is 0 Å². The van der Waals surface area contributed by atoms with Crippen LogP contribution in [-0.4, -0.2) is 56.7 Å². The number of amides is 1. The van der Waals surface area contributed by atoms with Crippen molar-refractivity contribution in [2.75, 3.05) is 43.9 Å². The molecule has 1 amide bonds. The van der Waals surface area contributed by atoms with E-state index in [9.17, 15) is 4.79 Å². The molecule has 1 fully saturated rings. The molecule has 6 heteroatoms. The van der Waals surface area contributed by atoms with Crippen LogP contribution in [0.15, 0.2) is 48.5 Å². The highest BCUT2D eigenvalue weighted by atomic mass is 16.5. The van der Waals surface area contributed by atoms with E-state index >= 15 is 0 Å². The number of nitrogens with zero attached hydrogens (tertiary/aromatic N) is 2. The quantitative estimate of drug-likeness (QED) is 0.882. The van der Waals surface area contributed by atoms with Crippen LogP contribution in [0.1, 0.15) is 12.8 Å². The third-order valence-corrected chi connectivity index (χ3v) is 5.37. The number of piperidine rings is 1. The minimum atomic E-state index is -0.546. The fraction of sp³-hybridized carbons (Fsp3) is 0.409. The van der Waals surface area contributed by atoms with E-state index in [0.717, 1.165) is 48.8 Å². The number of nitrogens with one attached hydrogen (secondary N) is 1. The van der Waals surface area contributed by atoms with Gasteiger partial charge in [0.2, 0.25) is 0 Å². The molecular formula is C22H27N3O3. The summed E-state index contributed by atoms with van der Waals surface area (Å²) in [5, 5.41) is 2.95. The number of likely N-dealkylation sites (tertiary alicyclic amines) is 1. The van der Waals surface area contributed by atoms with Crippen LogP contribution in [0.4, 0.5) is 11.4 Å². The van der Waals surface area contributed by atoms with E-state index in [4.69, 9.17) is 9.47 Å². The first kappa shape index (κ1) is 18.6. The zero-order valence-electron chi connectivity index (χ0n) is 16.4. The normalized spacial score (nSPS) is 20.2. The van der Waals surface area contributed by atoms with Crippen LogP contribution in [0.3, 0.4) is 0 Å². The minimum absolute atomic E-state index is 0.148. The number of ether oxygens (including phenoxy) is 2. The summed E-state index contributed by atoms with van der Waals surface area (Å²) in [6.07, 6.45) is 1.81. The lowest BCUT2D eigenvalue weighted by atomic mass is 10.1. The standard InChI is InChI=1S/C22H27N3O3/c1-24-13-11-18(12-14-24)27-17-9-7-16(8-10-17)23-22(26)21-15-25(2)19-5-3-4-6-20(19)28-21/h3-10,18,21H,11-15H2,1-2H3,(H,23,26). The van der Waals surface area contributed by atoms with E-state index in [1.165, 1.54) is 0 Å². The Morgan fingerprint density at radius 3 is 2.54 bits per heavy atom. The van der Waals surface area contributed by atoms with Gasteiger partial charge in [-0.15, -0.1) is 0 Å². The van der Waals surface area contributed by atoms with Gasteiger partial charge in [0.05, 0.1) is 12.2 Å². The molecular weight excluding hydrogens is 354 g/mol. The molecule has 2 aromatic carbocycles. The maximum Gasteiger partial charge on any atom is 0.267 e. The van der Waals surface area contributed by atoms with Gasteiger partial charge < -0.3 is 24.6 Å². The van der Waals surface area contributed by atoms with E-state index in [-0.39, 0.29) is 12.0 Å². The molecule has 2 heterocycles. The fourth-order valence-corrected chi connectivity index (χ4v) is 3.68. The van der Waals surface area contributed by atoms with Gasteiger partial charge in [-0.3, -0.25) is 4.79 Å². The Morgan fingerprint density at radius 2 is 1.79 bits per heavy atom. The fourth-order valence-electron chi connectivity index (χ4n) is 3.68. The maximum atomic E-state index is 12.7. The van der Waals surface area contributed by atoms with Crippen molar-refractivity contribution in [2.24, 2.45) is 0 Å². The van der Waals surface area contributed by atoms with Crippen molar-refractivity contribution >= 4 is 17.3 Å². The van der Waals surface area contributed by atoms with Gasteiger partial charge in [0.15, 0.2) is 6.10 Å². The molecule has 1 atom stereocenters. The van der Waals surface area contributed by atoms with E-state index < -0.39 is 6.10 Å². The molecule has 2 aromatic rings. The number of anilines is 2. The molecule has 4 rings (SSSR count). The molecule has 148 valence electrons. The molecule has 6 nitrogen and oxygen atoms in total. The van der Waals surface area contributed by atoms with Crippen LogP contribution < -0.4 is 19.7 Å². The summed E-state index contributed by atoms with van der Waals surface area (Å²) in [7, 11) is 4.11. The number of carbonyl (C=O) groups excluding carboxylic acids is 1. The Morgan fingerprint density at radius 1 is 1.07 bits per heavy atom. The van der Waals surface area contributed by atoms with Crippen molar-refractivity contribution in [1.82, 2.24) is 4.90 Å². The van der Waals surface area contributed by atoms with Gasteiger partial charge >= 0.3 is 0 Å². The number of rotatable bonds is 4. The van der Waals surface area contributed by atoms with Crippen molar-refractivity contribution in [2.45, 2.75) is 25.0 Å². The number of carbonyl (C=O) groups is 1. The van der Waals surface area contributed by atoms with Crippen molar-refractivity contribution < 1.29 is 14.3 Å². The molecule has 2 aliphatic rings. The highest BCUT2D eigenvalue weighted by Crippen LogP contribution is 2.32. The molecule has 2 aliphatic heterocycles. The van der Waals surface area contributed by atoms with Gasteiger partial charge in [-0.1, -0.05) is 12.1 Å². The second-order valence-corrected chi connectivity index (χ2v) is 7.59. The molecule has 0 spiro atoms. The number of benzene rings is 2. The summed E-state index contributed by atoms with van der Waals surface area (Å²) in [6, 6.07) is 15.3. The first-order chi connectivity index (χ1) is 13.6. The van der Waals surface area contributed by atoms with Gasteiger partial charge in [-0.2, -0.15) is 0 Å². The van der Waals surface area contributed by atoms with Gasteiger partial charge in [-0.05, 0) is 56.3 Å². The summed E-state index contributed by atoms with van der Waals surface area (Å²) in [6.45, 7) is 2.65. The van der Waals surface area contributed by atoms with E-state index in [0.29, 0.717) is 6.54 Å². The van der Waals surface area contributed by atoms with Gasteiger partial charge in [0.1, 0.15) is 17.6 Å². The second kappa shape index (κ2) is 8.10. The Balaban J connectivity index is 1.34. The summed E-state index contributed by atoms with van der Waals surface area (Å²) < 4.78 is 11.9. The SMILES string of the molecule is CN1CCC(Oc2ccc(NC(=O)C3CN(C)c4ccccc4O3)cc2)CC1. The van der Waals surface area contributed by atoms with Crippen LogP contribution in [0.2, 0.25) is 0 Å². The monoisotopic (exact) mass is 381 g/mol. The smallest absolute Gasteiger partial charge is 0.267 e. The zero-order chi connectivity index (χ0) is 19.5.